The van der Waals surface area contributed by atoms with Crippen LogP contribution in [-0.2, 0) is 9.53 Å². The fourth-order valence-corrected chi connectivity index (χ4v) is 2.76. The van der Waals surface area contributed by atoms with Gasteiger partial charge in [0.25, 0.3) is 0 Å². The lowest BCUT2D eigenvalue weighted by Gasteiger charge is -2.40. The van der Waals surface area contributed by atoms with Crippen LogP contribution in [0.15, 0.2) is 0 Å². The van der Waals surface area contributed by atoms with E-state index in [9.17, 15) is 4.79 Å². The second-order valence-electron chi connectivity index (χ2n) is 5.09. The maximum absolute atomic E-state index is 11.8. The fraction of sp³-hybridized carbons (Fsp3) is 0.917. The standard InChI is InChI=1S/C12H22O2/c1-5-14-11(13)10-9(2)7-6-8-12(10,3)4/h9-10H,5-8H2,1-4H3/t9-,10?/m1/s1. The van der Waals surface area contributed by atoms with Crippen LogP contribution in [0, 0.1) is 17.3 Å². The van der Waals surface area contributed by atoms with Gasteiger partial charge in [-0.2, -0.15) is 0 Å². The summed E-state index contributed by atoms with van der Waals surface area (Å²) in [6, 6.07) is 0. The SMILES string of the molecule is CCOC(=O)C1[C@H](C)CCCC1(C)C. The van der Waals surface area contributed by atoms with Crippen molar-refractivity contribution in [1.29, 1.82) is 0 Å². The van der Waals surface area contributed by atoms with Crippen LogP contribution >= 0.6 is 0 Å². The zero-order valence-corrected chi connectivity index (χ0v) is 9.80. The number of hydrogen-bond donors (Lipinski definition) is 0. The highest BCUT2D eigenvalue weighted by Gasteiger charge is 2.42. The van der Waals surface area contributed by atoms with Gasteiger partial charge in [-0.3, -0.25) is 4.79 Å². The minimum atomic E-state index is 0.00435. The van der Waals surface area contributed by atoms with E-state index in [0.717, 1.165) is 12.8 Å². The van der Waals surface area contributed by atoms with Crippen LogP contribution in [0.4, 0.5) is 0 Å². The summed E-state index contributed by atoms with van der Waals surface area (Å²) in [5, 5.41) is 0. The fourth-order valence-electron chi connectivity index (χ4n) is 2.76. The number of ether oxygens (including phenoxy) is 1. The third kappa shape index (κ3) is 2.28. The zero-order chi connectivity index (χ0) is 10.8. The van der Waals surface area contributed by atoms with Gasteiger partial charge >= 0.3 is 5.97 Å². The Morgan fingerprint density at radius 1 is 1.50 bits per heavy atom. The van der Waals surface area contributed by atoms with E-state index in [1.807, 2.05) is 6.92 Å². The Hall–Kier alpha value is -0.530. The highest BCUT2D eigenvalue weighted by molar-refractivity contribution is 5.73. The first-order valence-corrected chi connectivity index (χ1v) is 5.65. The van der Waals surface area contributed by atoms with E-state index >= 15 is 0 Å². The second-order valence-corrected chi connectivity index (χ2v) is 5.09. The van der Waals surface area contributed by atoms with Crippen molar-refractivity contribution in [3.05, 3.63) is 0 Å². The summed E-state index contributed by atoms with van der Waals surface area (Å²) in [5.74, 6) is 0.568. The lowest BCUT2D eigenvalue weighted by atomic mass is 9.64. The smallest absolute Gasteiger partial charge is 0.309 e. The van der Waals surface area contributed by atoms with Gasteiger partial charge in [0.15, 0.2) is 0 Å². The molecule has 2 heteroatoms. The molecule has 0 bridgehead atoms. The summed E-state index contributed by atoms with van der Waals surface area (Å²) in [6.45, 7) is 8.91. The molecule has 0 aliphatic heterocycles. The Morgan fingerprint density at radius 2 is 2.14 bits per heavy atom. The maximum Gasteiger partial charge on any atom is 0.309 e. The number of carbonyl (C=O) groups is 1. The van der Waals surface area contributed by atoms with Crippen LogP contribution < -0.4 is 0 Å². The van der Waals surface area contributed by atoms with Gasteiger partial charge in [-0.15, -0.1) is 0 Å². The topological polar surface area (TPSA) is 26.3 Å². The number of hydrogen-bond acceptors (Lipinski definition) is 2. The van der Waals surface area contributed by atoms with Crippen LogP contribution in [0.3, 0.4) is 0 Å². The normalized spacial score (nSPS) is 31.1. The van der Waals surface area contributed by atoms with Gasteiger partial charge in [-0.25, -0.2) is 0 Å². The molecule has 0 amide bonds. The third-order valence-corrected chi connectivity index (χ3v) is 3.43. The van der Waals surface area contributed by atoms with Crippen molar-refractivity contribution in [2.24, 2.45) is 17.3 Å². The van der Waals surface area contributed by atoms with Gasteiger partial charge < -0.3 is 4.74 Å². The predicted octanol–water partition coefficient (Wildman–Crippen LogP) is 3.01. The predicted molar refractivity (Wildman–Crippen MR) is 56.9 cm³/mol. The van der Waals surface area contributed by atoms with Crippen molar-refractivity contribution in [3.63, 3.8) is 0 Å². The van der Waals surface area contributed by atoms with Crippen molar-refractivity contribution in [1.82, 2.24) is 0 Å². The Bertz CT molecular complexity index is 208. The van der Waals surface area contributed by atoms with Gasteiger partial charge in [0.1, 0.15) is 0 Å². The van der Waals surface area contributed by atoms with E-state index in [4.69, 9.17) is 4.74 Å². The molecule has 0 spiro atoms. The molecular formula is C12H22O2. The first-order chi connectivity index (χ1) is 6.49. The molecule has 0 radical (unpaired) electrons. The second kappa shape index (κ2) is 4.33. The molecule has 0 heterocycles. The number of rotatable bonds is 2. The minimum Gasteiger partial charge on any atom is -0.466 e. The van der Waals surface area contributed by atoms with Gasteiger partial charge in [0, 0.05) is 0 Å². The number of carbonyl (C=O) groups excluding carboxylic acids is 1. The quantitative estimate of drug-likeness (QED) is 0.637. The van der Waals surface area contributed by atoms with Gasteiger partial charge in [-0.05, 0) is 31.1 Å². The Labute approximate surface area is 87.0 Å². The average molecular weight is 198 g/mol. The lowest BCUT2D eigenvalue weighted by molar-refractivity contribution is -0.157. The van der Waals surface area contributed by atoms with Crippen LogP contribution in [0.25, 0.3) is 0 Å². The largest absolute Gasteiger partial charge is 0.466 e. The van der Waals surface area contributed by atoms with Gasteiger partial charge in [0.05, 0.1) is 12.5 Å². The van der Waals surface area contributed by atoms with Crippen molar-refractivity contribution in [2.45, 2.75) is 47.0 Å². The first kappa shape index (κ1) is 11.5. The molecule has 1 aliphatic rings. The molecule has 1 unspecified atom stereocenters. The molecular weight excluding hydrogens is 176 g/mol. The van der Waals surface area contributed by atoms with Crippen LogP contribution in [0.1, 0.15) is 47.0 Å². The maximum atomic E-state index is 11.8. The van der Waals surface area contributed by atoms with E-state index in [2.05, 4.69) is 20.8 Å². The number of esters is 1. The van der Waals surface area contributed by atoms with E-state index in [0.29, 0.717) is 12.5 Å². The summed E-state index contributed by atoms with van der Waals surface area (Å²) in [5.41, 5.74) is 0.115. The average Bonchev–Trinajstić information content (AvgIpc) is 2.02. The van der Waals surface area contributed by atoms with Crippen LogP contribution in [0.2, 0.25) is 0 Å². The Morgan fingerprint density at radius 3 is 2.64 bits per heavy atom. The van der Waals surface area contributed by atoms with Gasteiger partial charge in [-0.1, -0.05) is 27.2 Å². The lowest BCUT2D eigenvalue weighted by Crippen LogP contribution is -2.40. The van der Waals surface area contributed by atoms with Crippen molar-refractivity contribution >= 4 is 5.97 Å². The van der Waals surface area contributed by atoms with Crippen molar-refractivity contribution in [2.75, 3.05) is 6.61 Å². The molecule has 2 nitrogen and oxygen atoms in total. The molecule has 0 saturated heterocycles. The Balaban J connectivity index is 2.74. The monoisotopic (exact) mass is 198 g/mol. The van der Waals surface area contributed by atoms with E-state index in [1.165, 1.54) is 6.42 Å². The summed E-state index contributed by atoms with van der Waals surface area (Å²) < 4.78 is 5.15. The molecule has 1 rings (SSSR count). The molecule has 14 heavy (non-hydrogen) atoms. The van der Waals surface area contributed by atoms with E-state index in [-0.39, 0.29) is 17.3 Å². The van der Waals surface area contributed by atoms with E-state index in [1.54, 1.807) is 0 Å². The minimum absolute atomic E-state index is 0.00435. The van der Waals surface area contributed by atoms with Crippen LogP contribution in [-0.4, -0.2) is 12.6 Å². The Kier molecular flexibility index (Phi) is 3.57. The first-order valence-electron chi connectivity index (χ1n) is 5.65. The molecule has 0 aromatic carbocycles. The summed E-state index contributed by atoms with van der Waals surface area (Å²) in [6.07, 6.45) is 3.54. The molecule has 1 aliphatic carbocycles. The molecule has 0 aromatic rings. The summed E-state index contributed by atoms with van der Waals surface area (Å²) >= 11 is 0. The third-order valence-electron chi connectivity index (χ3n) is 3.43. The molecule has 82 valence electrons. The van der Waals surface area contributed by atoms with Crippen molar-refractivity contribution < 1.29 is 9.53 Å². The van der Waals surface area contributed by atoms with E-state index < -0.39 is 0 Å². The summed E-state index contributed by atoms with van der Waals surface area (Å²) in [7, 11) is 0. The zero-order valence-electron chi connectivity index (χ0n) is 9.80. The molecule has 1 fully saturated rings. The van der Waals surface area contributed by atoms with Crippen LogP contribution in [0.5, 0.6) is 0 Å². The van der Waals surface area contributed by atoms with Gasteiger partial charge in [0.2, 0.25) is 0 Å². The molecule has 0 aromatic heterocycles. The molecule has 0 N–H and O–H groups in total. The highest BCUT2D eigenvalue weighted by Crippen LogP contribution is 2.44. The molecule has 1 saturated carbocycles. The molecule has 2 atom stereocenters. The summed E-state index contributed by atoms with van der Waals surface area (Å²) in [4.78, 5) is 11.8. The van der Waals surface area contributed by atoms with Crippen molar-refractivity contribution in [3.8, 4) is 0 Å². The highest BCUT2D eigenvalue weighted by atomic mass is 16.5.